The molecule has 0 fully saturated rings. The molecule has 0 radical (unpaired) electrons. The number of hydrazone groups is 1. The zero-order chi connectivity index (χ0) is 18.5. The number of carbonyl (C=O) groups is 1. The van der Waals surface area contributed by atoms with Crippen LogP contribution in [0.2, 0.25) is 15.1 Å². The predicted octanol–water partition coefficient (Wildman–Crippen LogP) is 4.66. The Morgan fingerprint density at radius 3 is 2.69 bits per heavy atom. The molecular formula is C18H13Cl3N4O. The average molecular weight is 408 g/mol. The number of aromatic nitrogens is 2. The second-order valence-electron chi connectivity index (χ2n) is 5.39. The van der Waals surface area contributed by atoms with E-state index in [1.54, 1.807) is 47.3 Å². The van der Waals surface area contributed by atoms with Gasteiger partial charge in [-0.2, -0.15) is 10.2 Å². The minimum Gasteiger partial charge on any atom is -0.267 e. The third-order valence-electron chi connectivity index (χ3n) is 3.45. The first-order valence-electron chi connectivity index (χ1n) is 7.57. The maximum absolute atomic E-state index is 12.1. The molecule has 2 aromatic carbocycles. The maximum atomic E-state index is 12.1. The van der Waals surface area contributed by atoms with Crippen LogP contribution in [0.5, 0.6) is 0 Å². The molecule has 0 unspecified atom stereocenters. The number of nitrogens with zero attached hydrogens (tertiary/aromatic N) is 3. The molecule has 132 valence electrons. The number of nitrogens with one attached hydrogen (secondary N) is 1. The van der Waals surface area contributed by atoms with Crippen molar-refractivity contribution >= 4 is 46.9 Å². The van der Waals surface area contributed by atoms with Crippen molar-refractivity contribution in [3.05, 3.63) is 86.6 Å². The molecule has 0 aliphatic carbocycles. The Labute approximate surface area is 165 Å². The summed E-state index contributed by atoms with van der Waals surface area (Å²) in [6.07, 6.45) is 3.20. The van der Waals surface area contributed by atoms with Crippen molar-refractivity contribution in [3.63, 3.8) is 0 Å². The highest BCUT2D eigenvalue weighted by Gasteiger charge is 2.10. The molecule has 0 saturated heterocycles. The molecule has 1 N–H and O–H groups in total. The third-order valence-corrected chi connectivity index (χ3v) is 4.27. The molecule has 0 spiro atoms. The van der Waals surface area contributed by atoms with Crippen LogP contribution in [0.3, 0.4) is 0 Å². The van der Waals surface area contributed by atoms with Crippen molar-refractivity contribution < 1.29 is 4.79 Å². The van der Waals surface area contributed by atoms with Gasteiger partial charge in [0.05, 0.1) is 12.8 Å². The summed E-state index contributed by atoms with van der Waals surface area (Å²) in [7, 11) is 0. The zero-order valence-electron chi connectivity index (χ0n) is 13.4. The zero-order valence-corrected chi connectivity index (χ0v) is 15.6. The van der Waals surface area contributed by atoms with Crippen molar-refractivity contribution in [1.82, 2.24) is 15.2 Å². The van der Waals surface area contributed by atoms with E-state index < -0.39 is 5.91 Å². The van der Waals surface area contributed by atoms with Crippen LogP contribution in [0.25, 0.3) is 0 Å². The number of hydrogen-bond acceptors (Lipinski definition) is 3. The summed E-state index contributed by atoms with van der Waals surface area (Å²) in [4.78, 5) is 12.1. The van der Waals surface area contributed by atoms with E-state index in [0.29, 0.717) is 21.6 Å². The first-order chi connectivity index (χ1) is 12.5. The molecule has 0 bridgehead atoms. The highest BCUT2D eigenvalue weighted by atomic mass is 35.5. The van der Waals surface area contributed by atoms with E-state index in [4.69, 9.17) is 34.8 Å². The number of hydrogen-bond donors (Lipinski definition) is 1. The number of amides is 1. The molecule has 3 aromatic rings. The van der Waals surface area contributed by atoms with E-state index >= 15 is 0 Å². The van der Waals surface area contributed by atoms with Gasteiger partial charge in [-0.15, -0.1) is 0 Å². The fraction of sp³-hybridized carbons (Fsp3) is 0.0556. The van der Waals surface area contributed by atoms with Crippen LogP contribution in [0.4, 0.5) is 0 Å². The smallest absolute Gasteiger partial charge is 0.267 e. The predicted molar refractivity (Wildman–Crippen MR) is 104 cm³/mol. The van der Waals surface area contributed by atoms with Gasteiger partial charge < -0.3 is 0 Å². The van der Waals surface area contributed by atoms with E-state index in [-0.39, 0.29) is 5.69 Å². The van der Waals surface area contributed by atoms with E-state index in [1.807, 2.05) is 12.1 Å². The molecule has 3 rings (SSSR count). The molecule has 1 heterocycles. The lowest BCUT2D eigenvalue weighted by Crippen LogP contribution is -2.18. The SMILES string of the molecule is O=C(NN=Cc1cccc(Cl)c1)c1ccn(Cc2ccc(Cl)cc2Cl)n1. The van der Waals surface area contributed by atoms with Crippen molar-refractivity contribution in [1.29, 1.82) is 0 Å². The van der Waals surface area contributed by atoms with Gasteiger partial charge in [-0.1, -0.05) is 53.0 Å². The topological polar surface area (TPSA) is 59.3 Å². The van der Waals surface area contributed by atoms with Gasteiger partial charge in [0.25, 0.3) is 5.91 Å². The number of rotatable bonds is 5. The van der Waals surface area contributed by atoms with Crippen LogP contribution in [0.15, 0.2) is 59.8 Å². The highest BCUT2D eigenvalue weighted by Crippen LogP contribution is 2.21. The summed E-state index contributed by atoms with van der Waals surface area (Å²) < 4.78 is 1.62. The van der Waals surface area contributed by atoms with Crippen LogP contribution >= 0.6 is 34.8 Å². The third kappa shape index (κ3) is 4.85. The summed E-state index contributed by atoms with van der Waals surface area (Å²) in [5, 5.41) is 9.84. The van der Waals surface area contributed by atoms with Crippen molar-refractivity contribution in [2.75, 3.05) is 0 Å². The second-order valence-corrected chi connectivity index (χ2v) is 6.67. The lowest BCUT2D eigenvalue weighted by Gasteiger charge is -2.05. The first-order valence-corrected chi connectivity index (χ1v) is 8.71. The van der Waals surface area contributed by atoms with Gasteiger partial charge in [0.1, 0.15) is 0 Å². The summed E-state index contributed by atoms with van der Waals surface area (Å²) in [6.45, 7) is 0.426. The van der Waals surface area contributed by atoms with Crippen LogP contribution < -0.4 is 5.43 Å². The molecule has 1 aromatic heterocycles. The van der Waals surface area contributed by atoms with E-state index in [9.17, 15) is 4.79 Å². The molecule has 0 saturated carbocycles. The van der Waals surface area contributed by atoms with Crippen LogP contribution in [0.1, 0.15) is 21.6 Å². The van der Waals surface area contributed by atoms with Gasteiger partial charge in [-0.3, -0.25) is 9.48 Å². The van der Waals surface area contributed by atoms with Crippen LogP contribution in [-0.2, 0) is 6.54 Å². The summed E-state index contributed by atoms with van der Waals surface area (Å²) in [5.74, 6) is -0.413. The number of halogens is 3. The first kappa shape index (κ1) is 18.5. The maximum Gasteiger partial charge on any atom is 0.291 e. The molecule has 26 heavy (non-hydrogen) atoms. The average Bonchev–Trinajstić information content (AvgIpc) is 3.06. The molecule has 0 aliphatic heterocycles. The van der Waals surface area contributed by atoms with Gasteiger partial charge in [0.2, 0.25) is 0 Å². The number of carbonyl (C=O) groups excluding carboxylic acids is 1. The lowest BCUT2D eigenvalue weighted by atomic mass is 10.2. The number of benzene rings is 2. The van der Waals surface area contributed by atoms with Crippen molar-refractivity contribution in [2.24, 2.45) is 5.10 Å². The highest BCUT2D eigenvalue weighted by molar-refractivity contribution is 6.35. The molecular weight excluding hydrogens is 395 g/mol. The Kier molecular flexibility index (Phi) is 5.93. The fourth-order valence-electron chi connectivity index (χ4n) is 2.20. The summed E-state index contributed by atoms with van der Waals surface area (Å²) >= 11 is 17.9. The van der Waals surface area contributed by atoms with Crippen LogP contribution in [0, 0.1) is 0 Å². The monoisotopic (exact) mass is 406 g/mol. The molecule has 8 heteroatoms. The van der Waals surface area contributed by atoms with E-state index in [1.165, 1.54) is 6.21 Å². The summed E-state index contributed by atoms with van der Waals surface area (Å²) in [6, 6.07) is 14.0. The minimum absolute atomic E-state index is 0.248. The van der Waals surface area contributed by atoms with Crippen LogP contribution in [-0.4, -0.2) is 21.9 Å². The second kappa shape index (κ2) is 8.36. The van der Waals surface area contributed by atoms with Gasteiger partial charge in [0.15, 0.2) is 5.69 Å². The van der Waals surface area contributed by atoms with Gasteiger partial charge in [-0.25, -0.2) is 5.43 Å². The molecule has 1 amide bonds. The van der Waals surface area contributed by atoms with Crippen molar-refractivity contribution in [2.45, 2.75) is 6.54 Å². The van der Waals surface area contributed by atoms with Gasteiger partial charge in [-0.05, 0) is 41.5 Å². The Balaban J connectivity index is 1.62. The van der Waals surface area contributed by atoms with E-state index in [0.717, 1.165) is 11.1 Å². The van der Waals surface area contributed by atoms with E-state index in [2.05, 4.69) is 15.6 Å². The standard InChI is InChI=1S/C18H13Cl3N4O/c19-14-3-1-2-12(8-14)10-22-23-18(26)17-6-7-25(24-17)11-13-4-5-15(20)9-16(13)21/h1-10H,11H2,(H,23,26). The Bertz CT molecular complexity index is 969. The molecule has 0 aliphatic rings. The molecule has 5 nitrogen and oxygen atoms in total. The minimum atomic E-state index is -0.413. The lowest BCUT2D eigenvalue weighted by molar-refractivity contribution is 0.0949. The quantitative estimate of drug-likeness (QED) is 0.494. The fourth-order valence-corrected chi connectivity index (χ4v) is 2.87. The normalized spacial score (nSPS) is 11.0. The largest absolute Gasteiger partial charge is 0.291 e. The van der Waals surface area contributed by atoms with Gasteiger partial charge in [0, 0.05) is 21.3 Å². The van der Waals surface area contributed by atoms with Gasteiger partial charge >= 0.3 is 0 Å². The summed E-state index contributed by atoms with van der Waals surface area (Å²) in [5.41, 5.74) is 4.31. The Morgan fingerprint density at radius 1 is 1.12 bits per heavy atom. The Hall–Kier alpha value is -2.34. The van der Waals surface area contributed by atoms with Crippen molar-refractivity contribution in [3.8, 4) is 0 Å². The Morgan fingerprint density at radius 2 is 1.92 bits per heavy atom. The molecule has 0 atom stereocenters.